The molecule has 1 fully saturated rings. The Bertz CT molecular complexity index is 1440. The highest BCUT2D eigenvalue weighted by Gasteiger charge is 2.32. The van der Waals surface area contributed by atoms with Crippen molar-refractivity contribution in [2.45, 2.75) is 245 Å². The van der Waals surface area contributed by atoms with Crippen molar-refractivity contribution in [3.05, 3.63) is 0 Å². The Morgan fingerprint density at radius 1 is 0.500 bits per heavy atom. The Morgan fingerprint density at radius 2 is 0.917 bits per heavy atom. The third-order valence-electron chi connectivity index (χ3n) is 12.2. The minimum atomic E-state index is -4.67. The van der Waals surface area contributed by atoms with Gasteiger partial charge in [-0.2, -0.15) is 0 Å². The maximum Gasteiger partial charge on any atom is 0.472 e. The molecule has 0 spiro atoms. The van der Waals surface area contributed by atoms with Crippen LogP contribution in [0.2, 0.25) is 0 Å². The molecule has 0 saturated carbocycles. The van der Waals surface area contributed by atoms with Crippen LogP contribution in [0.15, 0.2) is 0 Å². The Balaban J connectivity index is 2.32. The van der Waals surface area contributed by atoms with Gasteiger partial charge in [0.15, 0.2) is 6.10 Å². The zero-order valence-corrected chi connectivity index (χ0v) is 45.5. The molecule has 1 aliphatic rings. The summed E-state index contributed by atoms with van der Waals surface area (Å²) in [4.78, 5) is 87.3. The first kappa shape index (κ1) is 66.9. The summed E-state index contributed by atoms with van der Waals surface area (Å²) in [6, 6.07) is 0. The van der Waals surface area contributed by atoms with Crippen LogP contribution < -0.4 is 5.32 Å². The molecular formula is C53H97N2O16P. The Kier molecular flexibility index (Phi) is 44.2. The number of rotatable bonds is 52. The maximum absolute atomic E-state index is 12.8. The van der Waals surface area contributed by atoms with E-state index < -0.39 is 63.0 Å². The number of alkyl carbamates (subject to hydrolysis) is 1. The highest BCUT2D eigenvalue weighted by atomic mass is 31.2. The van der Waals surface area contributed by atoms with Gasteiger partial charge < -0.3 is 38.7 Å². The molecule has 3 amide bonds. The van der Waals surface area contributed by atoms with Gasteiger partial charge in [-0.05, 0) is 12.8 Å². The number of nitrogens with zero attached hydrogens (tertiary/aromatic N) is 1. The van der Waals surface area contributed by atoms with E-state index >= 15 is 0 Å². The lowest BCUT2D eigenvalue weighted by Gasteiger charge is -2.20. The number of carbonyl (C=O) groups excluding carboxylic acids is 6. The molecule has 0 radical (unpaired) electrons. The second kappa shape index (κ2) is 47.6. The molecule has 1 aliphatic heterocycles. The van der Waals surface area contributed by atoms with E-state index in [-0.39, 0.29) is 78.3 Å². The fraction of sp³-hybridized carbons (Fsp3) is 0.887. The number of phosphoric ester groups is 1. The fourth-order valence-electron chi connectivity index (χ4n) is 7.96. The second-order valence-electron chi connectivity index (χ2n) is 18.9. The monoisotopic (exact) mass is 1050 g/mol. The number of esters is 2. The van der Waals surface area contributed by atoms with Crippen LogP contribution in [0.1, 0.15) is 239 Å². The molecule has 2 N–H and O–H groups in total. The van der Waals surface area contributed by atoms with Gasteiger partial charge >= 0.3 is 31.8 Å². The van der Waals surface area contributed by atoms with Crippen molar-refractivity contribution in [1.82, 2.24) is 10.4 Å². The SMILES string of the molecule is CCCCCCCCCCCCCCCCCC(=O)OCC(COP(=O)(O)OCCNC(=O)OCCOCCOCCC(=O)ON1C(=O)CCC1=O)OC(=O)CCCCCCCCCCCCCCCCC. The first-order valence-electron chi connectivity index (χ1n) is 28.1. The van der Waals surface area contributed by atoms with E-state index in [0.29, 0.717) is 17.9 Å². The van der Waals surface area contributed by atoms with Gasteiger partial charge in [-0.3, -0.25) is 28.2 Å². The van der Waals surface area contributed by atoms with Gasteiger partial charge in [0.1, 0.15) is 13.2 Å². The summed E-state index contributed by atoms with van der Waals surface area (Å²) in [6.45, 7) is 3.15. The number of nitrogens with one attached hydrogen (secondary N) is 1. The van der Waals surface area contributed by atoms with E-state index in [9.17, 15) is 38.2 Å². The third-order valence-corrected chi connectivity index (χ3v) is 13.2. The van der Waals surface area contributed by atoms with Crippen molar-refractivity contribution in [2.24, 2.45) is 0 Å². The van der Waals surface area contributed by atoms with Gasteiger partial charge in [-0.15, -0.1) is 5.06 Å². The van der Waals surface area contributed by atoms with Crippen molar-refractivity contribution in [2.75, 3.05) is 59.4 Å². The average molecular weight is 1050 g/mol. The lowest BCUT2D eigenvalue weighted by atomic mass is 10.0. The van der Waals surface area contributed by atoms with Gasteiger partial charge in [0, 0.05) is 32.2 Å². The molecule has 2 atom stereocenters. The summed E-state index contributed by atoms with van der Waals surface area (Å²) in [6.07, 6.45) is 34.5. The minimum Gasteiger partial charge on any atom is -0.462 e. The summed E-state index contributed by atoms with van der Waals surface area (Å²) in [7, 11) is -4.67. The standard InChI is InChI=1S/C53H97N2O16P/c1-3-5-7-9-11-13-15-17-19-21-23-25-27-29-31-33-50(58)67-45-47(70-51(59)34-32-30-28-26-24-22-20-18-16-14-12-10-8-6-4-2)46-69-72(62,63)68-40-38-54-53(61)66-44-43-65-42-41-64-39-37-52(60)71-55-48(56)35-36-49(55)57/h47H,3-46H2,1-2H3,(H,54,61)(H,62,63). The molecule has 2 unspecified atom stereocenters. The van der Waals surface area contributed by atoms with Crippen LogP contribution in [-0.4, -0.2) is 111 Å². The number of phosphoric acid groups is 1. The number of hydroxylamine groups is 2. The number of unbranched alkanes of at least 4 members (excludes halogenated alkanes) is 28. The van der Waals surface area contributed by atoms with Crippen molar-refractivity contribution >= 4 is 43.6 Å². The predicted octanol–water partition coefficient (Wildman–Crippen LogP) is 11.9. The van der Waals surface area contributed by atoms with Crippen molar-refractivity contribution in [3.63, 3.8) is 0 Å². The second-order valence-corrected chi connectivity index (χ2v) is 20.3. The molecule has 0 aliphatic carbocycles. The van der Waals surface area contributed by atoms with E-state index in [2.05, 4.69) is 19.2 Å². The number of hydrogen-bond donors (Lipinski definition) is 2. The summed E-state index contributed by atoms with van der Waals surface area (Å²) in [5, 5.41) is 2.84. The summed E-state index contributed by atoms with van der Waals surface area (Å²) in [5.41, 5.74) is 0. The number of hydrogen-bond acceptors (Lipinski definition) is 15. The van der Waals surface area contributed by atoms with Crippen LogP contribution in [0.5, 0.6) is 0 Å². The number of ether oxygens (including phenoxy) is 5. The molecule has 18 nitrogen and oxygen atoms in total. The molecular weight excluding hydrogens is 952 g/mol. The summed E-state index contributed by atoms with van der Waals surface area (Å²) >= 11 is 0. The van der Waals surface area contributed by atoms with Crippen molar-refractivity contribution < 1.29 is 75.8 Å². The van der Waals surface area contributed by atoms with Crippen LogP contribution in [0.4, 0.5) is 4.79 Å². The first-order chi connectivity index (χ1) is 35.0. The molecule has 19 heteroatoms. The zero-order valence-electron chi connectivity index (χ0n) is 44.7. The van der Waals surface area contributed by atoms with Crippen molar-refractivity contribution in [1.29, 1.82) is 0 Å². The third kappa shape index (κ3) is 42.2. The number of carbonyl (C=O) groups is 6. The molecule has 1 saturated heterocycles. The molecule has 0 aromatic carbocycles. The molecule has 0 bridgehead atoms. The van der Waals surface area contributed by atoms with Crippen molar-refractivity contribution in [3.8, 4) is 0 Å². The Labute approximate surface area is 432 Å². The summed E-state index contributed by atoms with van der Waals surface area (Å²) < 4.78 is 49.3. The van der Waals surface area contributed by atoms with Crippen LogP contribution in [0.3, 0.4) is 0 Å². The Morgan fingerprint density at radius 3 is 1.39 bits per heavy atom. The van der Waals surface area contributed by atoms with Crippen LogP contribution in [0, 0.1) is 0 Å². The highest BCUT2D eigenvalue weighted by Crippen LogP contribution is 2.43. The first-order valence-corrected chi connectivity index (χ1v) is 29.6. The largest absolute Gasteiger partial charge is 0.472 e. The van der Waals surface area contributed by atoms with Gasteiger partial charge in [-0.1, -0.05) is 194 Å². The molecule has 1 heterocycles. The molecule has 0 aromatic rings. The number of imide groups is 1. The zero-order chi connectivity index (χ0) is 52.6. The molecule has 0 aromatic heterocycles. The number of amides is 3. The highest BCUT2D eigenvalue weighted by molar-refractivity contribution is 7.47. The van der Waals surface area contributed by atoms with E-state index in [4.69, 9.17) is 37.6 Å². The van der Waals surface area contributed by atoms with Crippen LogP contribution >= 0.6 is 7.82 Å². The van der Waals surface area contributed by atoms with Gasteiger partial charge in [-0.25, -0.2) is 14.2 Å². The van der Waals surface area contributed by atoms with Gasteiger partial charge in [0.05, 0.1) is 46.1 Å². The van der Waals surface area contributed by atoms with E-state index in [1.54, 1.807) is 0 Å². The van der Waals surface area contributed by atoms with E-state index in [0.717, 1.165) is 38.5 Å². The summed E-state index contributed by atoms with van der Waals surface area (Å²) in [5.74, 6) is -2.86. The lowest BCUT2D eigenvalue weighted by molar-refractivity contribution is -0.198. The predicted molar refractivity (Wildman–Crippen MR) is 274 cm³/mol. The minimum absolute atomic E-state index is 0.00672. The maximum atomic E-state index is 12.8. The van der Waals surface area contributed by atoms with E-state index in [1.165, 1.54) is 141 Å². The average Bonchev–Trinajstić information content (AvgIpc) is 3.67. The quantitative estimate of drug-likeness (QED) is 0.0190. The van der Waals surface area contributed by atoms with Gasteiger partial charge in [0.2, 0.25) is 0 Å². The molecule has 72 heavy (non-hydrogen) atoms. The fourth-order valence-corrected chi connectivity index (χ4v) is 8.71. The Hall–Kier alpha value is -3.15. The molecule has 420 valence electrons. The molecule has 1 rings (SSSR count). The lowest BCUT2D eigenvalue weighted by Crippen LogP contribution is -2.32. The van der Waals surface area contributed by atoms with E-state index in [1.807, 2.05) is 0 Å². The van der Waals surface area contributed by atoms with Gasteiger partial charge in [0.25, 0.3) is 11.8 Å². The van der Waals surface area contributed by atoms with Crippen LogP contribution in [0.25, 0.3) is 0 Å². The smallest absolute Gasteiger partial charge is 0.462 e. The van der Waals surface area contributed by atoms with Crippen LogP contribution in [-0.2, 0) is 66.1 Å². The topological polar surface area (TPSA) is 229 Å². The normalized spacial score (nSPS) is 13.8.